The second-order valence-corrected chi connectivity index (χ2v) is 8.32. The van der Waals surface area contributed by atoms with Gasteiger partial charge in [0.1, 0.15) is 18.5 Å². The van der Waals surface area contributed by atoms with Crippen molar-refractivity contribution in [3.05, 3.63) is 28.8 Å². The first kappa shape index (κ1) is 18.6. The molecule has 1 saturated carbocycles. The van der Waals surface area contributed by atoms with E-state index in [0.717, 1.165) is 17.9 Å². The largest absolute Gasteiger partial charge is 0.489 e. The Morgan fingerprint density at radius 3 is 2.83 bits per heavy atom. The molecule has 130 valence electrons. The van der Waals surface area contributed by atoms with Gasteiger partial charge >= 0.3 is 0 Å². The van der Waals surface area contributed by atoms with Gasteiger partial charge in [-0.1, -0.05) is 38.4 Å². The lowest BCUT2D eigenvalue weighted by molar-refractivity contribution is 0.0906. The summed E-state index contributed by atoms with van der Waals surface area (Å²) in [5.41, 5.74) is 1.47. The summed E-state index contributed by atoms with van der Waals surface area (Å²) in [6, 6.07) is 6.14. The molecular formula is C19H30ClNO2. The molecule has 0 spiro atoms. The smallest absolute Gasteiger partial charge is 0.138 e. The van der Waals surface area contributed by atoms with Gasteiger partial charge < -0.3 is 15.2 Å². The van der Waals surface area contributed by atoms with Crippen molar-refractivity contribution < 1.29 is 9.84 Å². The van der Waals surface area contributed by atoms with E-state index in [1.807, 2.05) is 25.1 Å². The summed E-state index contributed by atoms with van der Waals surface area (Å²) in [5, 5.41) is 14.3. The number of nitrogens with one attached hydrogen (secondary N) is 1. The van der Waals surface area contributed by atoms with Crippen LogP contribution in [0.4, 0.5) is 0 Å². The van der Waals surface area contributed by atoms with Gasteiger partial charge in [-0.25, -0.2) is 0 Å². The Hall–Kier alpha value is -0.770. The van der Waals surface area contributed by atoms with Gasteiger partial charge in [0.15, 0.2) is 0 Å². The maximum atomic E-state index is 10.2. The molecule has 0 radical (unpaired) electrons. The number of ether oxygens (including phenoxy) is 1. The Bertz CT molecular complexity index is 518. The summed E-state index contributed by atoms with van der Waals surface area (Å²) >= 11 is 6.10. The van der Waals surface area contributed by atoms with Gasteiger partial charge in [-0.05, 0) is 55.2 Å². The van der Waals surface area contributed by atoms with Crippen LogP contribution in [-0.2, 0) is 0 Å². The summed E-state index contributed by atoms with van der Waals surface area (Å²) in [4.78, 5) is 0. The Morgan fingerprint density at radius 2 is 2.13 bits per heavy atom. The molecule has 0 heterocycles. The standard InChI is InChI=1S/C19H30ClNO2/c1-13-5-6-17(20)18(8-13)23-12-16(22)11-21-15-7-14(2)9-19(3,4)10-15/h5-6,8,14-16,21-22H,7,9-12H2,1-4H3. The number of aliphatic hydroxyl groups excluding tert-OH is 1. The van der Waals surface area contributed by atoms with E-state index in [1.54, 1.807) is 0 Å². The second-order valence-electron chi connectivity index (χ2n) is 7.92. The van der Waals surface area contributed by atoms with Gasteiger partial charge in [-0.2, -0.15) is 0 Å². The number of aliphatic hydroxyl groups is 1. The first-order valence-corrected chi connectivity index (χ1v) is 8.93. The van der Waals surface area contributed by atoms with E-state index in [4.69, 9.17) is 16.3 Å². The van der Waals surface area contributed by atoms with Crippen molar-refractivity contribution >= 4 is 11.6 Å². The van der Waals surface area contributed by atoms with Crippen LogP contribution in [0, 0.1) is 18.3 Å². The molecule has 3 nitrogen and oxygen atoms in total. The average molecular weight is 340 g/mol. The fourth-order valence-electron chi connectivity index (χ4n) is 3.77. The van der Waals surface area contributed by atoms with E-state index < -0.39 is 6.10 Å². The van der Waals surface area contributed by atoms with Crippen molar-refractivity contribution in [2.45, 2.75) is 59.1 Å². The number of hydrogen-bond acceptors (Lipinski definition) is 3. The van der Waals surface area contributed by atoms with Crippen LogP contribution in [0.3, 0.4) is 0 Å². The van der Waals surface area contributed by atoms with Gasteiger partial charge in [0.05, 0.1) is 5.02 Å². The molecule has 0 aliphatic heterocycles. The van der Waals surface area contributed by atoms with Crippen LogP contribution < -0.4 is 10.1 Å². The predicted molar refractivity (Wildman–Crippen MR) is 96.3 cm³/mol. The molecule has 1 aromatic rings. The topological polar surface area (TPSA) is 41.5 Å². The number of halogens is 1. The van der Waals surface area contributed by atoms with E-state index in [-0.39, 0.29) is 6.61 Å². The van der Waals surface area contributed by atoms with Gasteiger partial charge in [-0.3, -0.25) is 0 Å². The second kappa shape index (κ2) is 7.87. The van der Waals surface area contributed by atoms with Crippen LogP contribution in [0.1, 0.15) is 45.6 Å². The normalized spacial score (nSPS) is 25.1. The highest BCUT2D eigenvalue weighted by molar-refractivity contribution is 6.32. The third-order valence-corrected chi connectivity index (χ3v) is 4.86. The lowest BCUT2D eigenvalue weighted by atomic mass is 9.70. The first-order valence-electron chi connectivity index (χ1n) is 8.55. The van der Waals surface area contributed by atoms with Crippen LogP contribution in [0.15, 0.2) is 18.2 Å². The summed E-state index contributed by atoms with van der Waals surface area (Å²) in [7, 11) is 0. The minimum Gasteiger partial charge on any atom is -0.489 e. The number of benzene rings is 1. The Labute approximate surface area is 145 Å². The third-order valence-electron chi connectivity index (χ3n) is 4.55. The Morgan fingerprint density at radius 1 is 1.39 bits per heavy atom. The zero-order chi connectivity index (χ0) is 17.0. The van der Waals surface area contributed by atoms with Crippen LogP contribution in [0.25, 0.3) is 0 Å². The van der Waals surface area contributed by atoms with Crippen molar-refractivity contribution in [1.82, 2.24) is 5.32 Å². The zero-order valence-electron chi connectivity index (χ0n) is 14.7. The summed E-state index contributed by atoms with van der Waals surface area (Å²) < 4.78 is 5.66. The molecule has 0 bridgehead atoms. The van der Waals surface area contributed by atoms with Gasteiger partial charge in [0, 0.05) is 12.6 Å². The molecule has 1 aliphatic rings. The summed E-state index contributed by atoms with van der Waals surface area (Å²) in [6.07, 6.45) is 3.09. The van der Waals surface area contributed by atoms with E-state index >= 15 is 0 Å². The van der Waals surface area contributed by atoms with Gasteiger partial charge in [0.2, 0.25) is 0 Å². The maximum absolute atomic E-state index is 10.2. The minimum atomic E-state index is -0.535. The number of rotatable bonds is 6. The summed E-state index contributed by atoms with van der Waals surface area (Å²) in [5.74, 6) is 1.37. The zero-order valence-corrected chi connectivity index (χ0v) is 15.5. The first-order chi connectivity index (χ1) is 10.7. The van der Waals surface area contributed by atoms with Crippen molar-refractivity contribution in [3.8, 4) is 5.75 Å². The van der Waals surface area contributed by atoms with Crippen molar-refractivity contribution in [2.75, 3.05) is 13.2 Å². The highest BCUT2D eigenvalue weighted by Crippen LogP contribution is 2.38. The monoisotopic (exact) mass is 339 g/mol. The molecule has 3 unspecified atom stereocenters. The van der Waals surface area contributed by atoms with Crippen LogP contribution in [-0.4, -0.2) is 30.4 Å². The molecule has 0 saturated heterocycles. The molecule has 1 aliphatic carbocycles. The molecular weight excluding hydrogens is 310 g/mol. The fraction of sp³-hybridized carbons (Fsp3) is 0.684. The van der Waals surface area contributed by atoms with E-state index in [1.165, 1.54) is 12.8 Å². The summed E-state index contributed by atoms with van der Waals surface area (Å²) in [6.45, 7) is 9.77. The lowest BCUT2D eigenvalue weighted by Gasteiger charge is -2.39. The highest BCUT2D eigenvalue weighted by atomic mass is 35.5. The van der Waals surface area contributed by atoms with Gasteiger partial charge in [0.25, 0.3) is 0 Å². The molecule has 1 fully saturated rings. The van der Waals surface area contributed by atoms with E-state index in [2.05, 4.69) is 26.1 Å². The van der Waals surface area contributed by atoms with Crippen LogP contribution >= 0.6 is 11.6 Å². The van der Waals surface area contributed by atoms with Crippen molar-refractivity contribution in [1.29, 1.82) is 0 Å². The average Bonchev–Trinajstić information content (AvgIpc) is 2.44. The highest BCUT2D eigenvalue weighted by Gasteiger charge is 2.31. The van der Waals surface area contributed by atoms with Crippen LogP contribution in [0.5, 0.6) is 5.75 Å². The molecule has 1 aromatic carbocycles. The van der Waals surface area contributed by atoms with Crippen molar-refractivity contribution in [2.24, 2.45) is 11.3 Å². The molecule has 0 aromatic heterocycles. The van der Waals surface area contributed by atoms with Gasteiger partial charge in [-0.15, -0.1) is 0 Å². The molecule has 3 atom stereocenters. The number of hydrogen-bond donors (Lipinski definition) is 2. The molecule has 2 N–H and O–H groups in total. The Kier molecular flexibility index (Phi) is 6.35. The van der Waals surface area contributed by atoms with Crippen LogP contribution in [0.2, 0.25) is 5.02 Å². The molecule has 23 heavy (non-hydrogen) atoms. The number of aryl methyl sites for hydroxylation is 1. The fourth-order valence-corrected chi connectivity index (χ4v) is 3.94. The van der Waals surface area contributed by atoms with E-state index in [0.29, 0.717) is 28.8 Å². The minimum absolute atomic E-state index is 0.252. The third kappa shape index (κ3) is 5.98. The molecule has 4 heteroatoms. The Balaban J connectivity index is 1.77. The molecule has 2 rings (SSSR count). The SMILES string of the molecule is Cc1ccc(Cl)c(OCC(O)CNC2CC(C)CC(C)(C)C2)c1. The van der Waals surface area contributed by atoms with E-state index in [9.17, 15) is 5.11 Å². The predicted octanol–water partition coefficient (Wildman–Crippen LogP) is 4.19. The van der Waals surface area contributed by atoms with Crippen molar-refractivity contribution in [3.63, 3.8) is 0 Å². The maximum Gasteiger partial charge on any atom is 0.138 e. The molecule has 0 amide bonds. The quantitative estimate of drug-likeness (QED) is 0.816. The lowest BCUT2D eigenvalue weighted by Crippen LogP contribution is -2.44.